The summed E-state index contributed by atoms with van der Waals surface area (Å²) in [6.45, 7) is 4.16. The van der Waals surface area contributed by atoms with E-state index in [-0.39, 0.29) is 5.41 Å². The highest BCUT2D eigenvalue weighted by Gasteiger charge is 2.39. The third-order valence-electron chi connectivity index (χ3n) is 2.54. The van der Waals surface area contributed by atoms with Crippen LogP contribution >= 0.6 is 0 Å². The monoisotopic (exact) mass is 126 g/mol. The van der Waals surface area contributed by atoms with Crippen molar-refractivity contribution < 1.29 is 4.79 Å². The van der Waals surface area contributed by atoms with Crippen molar-refractivity contribution in [2.45, 2.75) is 33.1 Å². The minimum Gasteiger partial charge on any atom is -0.303 e. The van der Waals surface area contributed by atoms with Gasteiger partial charge in [-0.1, -0.05) is 13.8 Å². The molecule has 9 heavy (non-hydrogen) atoms. The van der Waals surface area contributed by atoms with Gasteiger partial charge in [-0.05, 0) is 25.2 Å². The van der Waals surface area contributed by atoms with Gasteiger partial charge in [0.2, 0.25) is 0 Å². The summed E-state index contributed by atoms with van der Waals surface area (Å²) >= 11 is 0. The molecule has 0 spiro atoms. The molecular weight excluding hydrogens is 112 g/mol. The Hall–Kier alpha value is -0.330. The van der Waals surface area contributed by atoms with E-state index in [0.717, 1.165) is 12.7 Å². The fourth-order valence-electron chi connectivity index (χ4n) is 1.21. The van der Waals surface area contributed by atoms with Crippen LogP contribution < -0.4 is 0 Å². The minimum atomic E-state index is 0.0139. The normalized spacial score (nSPS) is 25.1. The Morgan fingerprint density at radius 1 is 1.67 bits per heavy atom. The molecule has 1 heteroatoms. The quantitative estimate of drug-likeness (QED) is 0.529. The second kappa shape index (κ2) is 2.13. The van der Waals surface area contributed by atoms with Gasteiger partial charge in [-0.15, -0.1) is 0 Å². The van der Waals surface area contributed by atoms with E-state index < -0.39 is 0 Å². The minimum absolute atomic E-state index is 0.0139. The summed E-state index contributed by atoms with van der Waals surface area (Å²) in [5.74, 6) is 0.708. The molecule has 0 bridgehead atoms. The van der Waals surface area contributed by atoms with Crippen LogP contribution in [-0.4, -0.2) is 6.29 Å². The largest absolute Gasteiger partial charge is 0.303 e. The van der Waals surface area contributed by atoms with Gasteiger partial charge in [0.05, 0.1) is 0 Å². The molecule has 1 aliphatic rings. The predicted octanol–water partition coefficient (Wildman–Crippen LogP) is 2.01. The topological polar surface area (TPSA) is 17.1 Å². The fourth-order valence-corrected chi connectivity index (χ4v) is 1.21. The Labute approximate surface area is 56.4 Å². The maximum absolute atomic E-state index is 10.5. The van der Waals surface area contributed by atoms with Crippen LogP contribution in [0, 0.1) is 11.3 Å². The third-order valence-corrected chi connectivity index (χ3v) is 2.54. The smallest absolute Gasteiger partial charge is 0.126 e. The summed E-state index contributed by atoms with van der Waals surface area (Å²) in [4.78, 5) is 10.5. The first-order chi connectivity index (χ1) is 4.23. The molecule has 0 unspecified atom stereocenters. The summed E-state index contributed by atoms with van der Waals surface area (Å²) in [6.07, 6.45) is 4.66. The molecule has 0 saturated heterocycles. The van der Waals surface area contributed by atoms with Crippen LogP contribution in [-0.2, 0) is 4.79 Å². The second-order valence-corrected chi connectivity index (χ2v) is 3.25. The van der Waals surface area contributed by atoms with Crippen LogP contribution in [0.15, 0.2) is 0 Å². The first kappa shape index (κ1) is 6.79. The lowest BCUT2D eigenvalue weighted by Crippen LogP contribution is -2.19. The Kier molecular flexibility index (Phi) is 1.60. The van der Waals surface area contributed by atoms with Crippen molar-refractivity contribution in [3.05, 3.63) is 0 Å². The van der Waals surface area contributed by atoms with Gasteiger partial charge in [0, 0.05) is 5.41 Å². The number of rotatable bonds is 3. The zero-order valence-corrected chi connectivity index (χ0v) is 6.18. The Morgan fingerprint density at radius 2 is 2.22 bits per heavy atom. The lowest BCUT2D eigenvalue weighted by atomic mass is 9.84. The SMILES string of the molecule is CC[C@](C)(C=O)C1CC1. The van der Waals surface area contributed by atoms with E-state index in [2.05, 4.69) is 13.8 Å². The average Bonchev–Trinajstić information content (AvgIpc) is 2.68. The molecule has 52 valence electrons. The van der Waals surface area contributed by atoms with Crippen molar-refractivity contribution in [2.75, 3.05) is 0 Å². The van der Waals surface area contributed by atoms with Crippen molar-refractivity contribution >= 4 is 6.29 Å². The van der Waals surface area contributed by atoms with E-state index in [9.17, 15) is 4.79 Å². The predicted molar refractivity (Wildman–Crippen MR) is 37.2 cm³/mol. The summed E-state index contributed by atoms with van der Waals surface area (Å²) < 4.78 is 0. The molecule has 1 nitrogen and oxygen atoms in total. The Balaban J connectivity index is 2.53. The molecule has 1 atom stereocenters. The highest BCUT2D eigenvalue weighted by atomic mass is 16.1. The molecule has 0 aliphatic heterocycles. The zero-order valence-electron chi connectivity index (χ0n) is 6.18. The van der Waals surface area contributed by atoms with Gasteiger partial charge in [0.25, 0.3) is 0 Å². The first-order valence-electron chi connectivity index (χ1n) is 3.69. The molecule has 0 amide bonds. The molecule has 1 saturated carbocycles. The van der Waals surface area contributed by atoms with Gasteiger partial charge >= 0.3 is 0 Å². The average molecular weight is 126 g/mol. The number of hydrogen-bond acceptors (Lipinski definition) is 1. The molecule has 0 aromatic rings. The van der Waals surface area contributed by atoms with E-state index in [0.29, 0.717) is 5.92 Å². The van der Waals surface area contributed by atoms with E-state index in [1.807, 2.05) is 0 Å². The van der Waals surface area contributed by atoms with Gasteiger partial charge in [0.1, 0.15) is 6.29 Å². The molecule has 0 heterocycles. The molecule has 1 aliphatic carbocycles. The van der Waals surface area contributed by atoms with Crippen molar-refractivity contribution in [3.63, 3.8) is 0 Å². The number of hydrogen-bond donors (Lipinski definition) is 0. The molecule has 1 fully saturated rings. The highest BCUT2D eigenvalue weighted by Crippen LogP contribution is 2.45. The molecule has 0 radical (unpaired) electrons. The van der Waals surface area contributed by atoms with Gasteiger partial charge < -0.3 is 4.79 Å². The maximum Gasteiger partial charge on any atom is 0.126 e. The molecule has 0 aromatic carbocycles. The highest BCUT2D eigenvalue weighted by molar-refractivity contribution is 5.59. The van der Waals surface area contributed by atoms with Crippen molar-refractivity contribution in [1.29, 1.82) is 0 Å². The van der Waals surface area contributed by atoms with Crippen molar-refractivity contribution in [1.82, 2.24) is 0 Å². The Morgan fingerprint density at radius 3 is 2.33 bits per heavy atom. The summed E-state index contributed by atoms with van der Waals surface area (Å²) in [5.41, 5.74) is 0.0139. The fraction of sp³-hybridized carbons (Fsp3) is 0.875. The summed E-state index contributed by atoms with van der Waals surface area (Å²) in [7, 11) is 0. The van der Waals surface area contributed by atoms with Gasteiger partial charge in [0.15, 0.2) is 0 Å². The number of aldehydes is 1. The van der Waals surface area contributed by atoms with Crippen LogP contribution in [0.3, 0.4) is 0 Å². The standard InChI is InChI=1S/C8H14O/c1-3-8(2,6-9)7-4-5-7/h6-7H,3-5H2,1-2H3/t8-/m1/s1. The molecule has 0 aromatic heterocycles. The maximum atomic E-state index is 10.5. The van der Waals surface area contributed by atoms with E-state index in [1.54, 1.807) is 0 Å². The van der Waals surface area contributed by atoms with Crippen LogP contribution in [0.5, 0.6) is 0 Å². The summed E-state index contributed by atoms with van der Waals surface area (Å²) in [5, 5.41) is 0. The van der Waals surface area contributed by atoms with E-state index >= 15 is 0 Å². The van der Waals surface area contributed by atoms with Crippen molar-refractivity contribution in [2.24, 2.45) is 11.3 Å². The van der Waals surface area contributed by atoms with E-state index in [4.69, 9.17) is 0 Å². The molecular formula is C8H14O. The number of carbonyl (C=O) groups is 1. The third kappa shape index (κ3) is 1.15. The van der Waals surface area contributed by atoms with Crippen molar-refractivity contribution in [3.8, 4) is 0 Å². The zero-order chi connectivity index (χ0) is 6.91. The second-order valence-electron chi connectivity index (χ2n) is 3.25. The van der Waals surface area contributed by atoms with Crippen LogP contribution in [0.2, 0.25) is 0 Å². The summed E-state index contributed by atoms with van der Waals surface area (Å²) in [6, 6.07) is 0. The van der Waals surface area contributed by atoms with E-state index in [1.165, 1.54) is 12.8 Å². The van der Waals surface area contributed by atoms with Gasteiger partial charge in [-0.2, -0.15) is 0 Å². The van der Waals surface area contributed by atoms with Gasteiger partial charge in [-0.25, -0.2) is 0 Å². The Bertz CT molecular complexity index is 116. The van der Waals surface area contributed by atoms with Crippen LogP contribution in [0.1, 0.15) is 33.1 Å². The number of carbonyl (C=O) groups excluding carboxylic acids is 1. The first-order valence-corrected chi connectivity index (χ1v) is 3.69. The van der Waals surface area contributed by atoms with Gasteiger partial charge in [-0.3, -0.25) is 0 Å². The lowest BCUT2D eigenvalue weighted by molar-refractivity contribution is -0.116. The van der Waals surface area contributed by atoms with Crippen LogP contribution in [0.25, 0.3) is 0 Å². The molecule has 1 rings (SSSR count). The van der Waals surface area contributed by atoms with Crippen LogP contribution in [0.4, 0.5) is 0 Å². The lowest BCUT2D eigenvalue weighted by Gasteiger charge is -2.19. The molecule has 0 N–H and O–H groups in total.